The summed E-state index contributed by atoms with van der Waals surface area (Å²) in [4.78, 5) is 23.4. The summed E-state index contributed by atoms with van der Waals surface area (Å²) in [6.45, 7) is 5.23. The molecule has 0 amide bonds. The molecule has 0 heterocycles. The van der Waals surface area contributed by atoms with Crippen LogP contribution in [0, 0.1) is 25.2 Å². The Labute approximate surface area is 139 Å². The first-order chi connectivity index (χ1) is 10.5. The number of hydrogen-bond donors (Lipinski definition) is 3. The van der Waals surface area contributed by atoms with E-state index in [1.54, 1.807) is 26.0 Å². The van der Waals surface area contributed by atoms with E-state index >= 15 is 0 Å². The van der Waals surface area contributed by atoms with Gasteiger partial charge in [-0.05, 0) is 51.0 Å². The number of ether oxygens (including phenoxy) is 1. The number of halogens is 1. The van der Waals surface area contributed by atoms with Crippen LogP contribution in [0.1, 0.15) is 25.0 Å². The average molecular weight is 345 g/mol. The minimum Gasteiger partial charge on any atom is -0.481 e. The summed E-state index contributed by atoms with van der Waals surface area (Å²) in [6, 6.07) is 3.16. The third kappa shape index (κ3) is 4.02. The van der Waals surface area contributed by atoms with Gasteiger partial charge in [0.1, 0.15) is 11.2 Å². The van der Waals surface area contributed by atoms with Crippen LogP contribution in [0.4, 0.5) is 0 Å². The highest BCUT2D eigenvalue weighted by Gasteiger charge is 2.45. The smallest absolute Gasteiger partial charge is 0.316 e. The lowest BCUT2D eigenvalue weighted by Crippen LogP contribution is -2.48. The van der Waals surface area contributed by atoms with Crippen molar-refractivity contribution in [3.8, 4) is 5.75 Å². The Kier molecular flexibility index (Phi) is 6.16. The molecule has 3 N–H and O–H groups in total. The Balaban J connectivity index is 2.95. The van der Waals surface area contributed by atoms with Crippen LogP contribution in [-0.4, -0.2) is 40.0 Å². The number of aryl methyl sites for hydroxylation is 2. The Morgan fingerprint density at radius 2 is 1.78 bits per heavy atom. The summed E-state index contributed by atoms with van der Waals surface area (Å²) in [7, 11) is 0. The average Bonchev–Trinajstić information content (AvgIpc) is 2.49. The molecular weight excluding hydrogens is 324 g/mol. The van der Waals surface area contributed by atoms with Crippen molar-refractivity contribution in [2.75, 3.05) is 6.61 Å². The number of hydrogen-bond acceptors (Lipinski definition) is 5. The van der Waals surface area contributed by atoms with Crippen molar-refractivity contribution in [3.63, 3.8) is 0 Å². The van der Waals surface area contributed by atoms with Crippen molar-refractivity contribution in [2.45, 2.75) is 33.8 Å². The van der Waals surface area contributed by atoms with Gasteiger partial charge in [-0.15, -0.1) is 0 Å². The van der Waals surface area contributed by atoms with Crippen LogP contribution in [0.15, 0.2) is 12.1 Å². The number of aliphatic hydroxyl groups is 2. The fourth-order valence-electron chi connectivity index (χ4n) is 2.14. The first kappa shape index (κ1) is 19.4. The zero-order chi connectivity index (χ0) is 17.9. The summed E-state index contributed by atoms with van der Waals surface area (Å²) in [6.07, 6.45) is -1.60. The third-order valence-electron chi connectivity index (χ3n) is 3.94. The molecule has 7 heteroatoms. The van der Waals surface area contributed by atoms with E-state index in [1.807, 2.05) is 0 Å². The molecule has 3 unspecified atom stereocenters. The monoisotopic (exact) mass is 344 g/mol. The SMILES string of the molecule is Cc1cc(OC(=O)C(C)C(O)C(C)(CO)C(=O)O)cc(C)c1Cl. The summed E-state index contributed by atoms with van der Waals surface area (Å²) >= 11 is 6.04. The summed E-state index contributed by atoms with van der Waals surface area (Å²) in [5.74, 6) is -3.07. The minimum absolute atomic E-state index is 0.259. The van der Waals surface area contributed by atoms with Crippen LogP contribution in [0.3, 0.4) is 0 Å². The summed E-state index contributed by atoms with van der Waals surface area (Å²) < 4.78 is 5.20. The van der Waals surface area contributed by atoms with Crippen molar-refractivity contribution in [3.05, 3.63) is 28.3 Å². The molecule has 1 aromatic rings. The van der Waals surface area contributed by atoms with Crippen molar-refractivity contribution < 1.29 is 29.6 Å². The van der Waals surface area contributed by atoms with Crippen LogP contribution in [0.5, 0.6) is 5.75 Å². The summed E-state index contributed by atoms with van der Waals surface area (Å²) in [5, 5.41) is 29.1. The molecule has 0 bridgehead atoms. The van der Waals surface area contributed by atoms with Crippen LogP contribution in [0.2, 0.25) is 5.02 Å². The van der Waals surface area contributed by atoms with Crippen molar-refractivity contribution in [1.82, 2.24) is 0 Å². The quantitative estimate of drug-likeness (QED) is 0.538. The van der Waals surface area contributed by atoms with Gasteiger partial charge in [0.15, 0.2) is 0 Å². The molecule has 3 atom stereocenters. The molecule has 0 saturated heterocycles. The maximum absolute atomic E-state index is 12.2. The van der Waals surface area contributed by atoms with Crippen molar-refractivity contribution in [2.24, 2.45) is 11.3 Å². The van der Waals surface area contributed by atoms with Gasteiger partial charge in [0, 0.05) is 5.02 Å². The Bertz CT molecular complexity index is 592. The van der Waals surface area contributed by atoms with Gasteiger partial charge in [-0.1, -0.05) is 11.6 Å². The second kappa shape index (κ2) is 7.29. The fourth-order valence-corrected chi connectivity index (χ4v) is 2.25. The topological polar surface area (TPSA) is 104 Å². The summed E-state index contributed by atoms with van der Waals surface area (Å²) in [5.41, 5.74) is -0.397. The fraction of sp³-hybridized carbons (Fsp3) is 0.500. The molecular formula is C16H21ClO6. The number of rotatable bonds is 6. The van der Waals surface area contributed by atoms with E-state index < -0.39 is 36.0 Å². The van der Waals surface area contributed by atoms with Gasteiger partial charge in [0.25, 0.3) is 0 Å². The number of aliphatic hydroxyl groups excluding tert-OH is 2. The second-order valence-electron chi connectivity index (χ2n) is 5.91. The lowest BCUT2D eigenvalue weighted by atomic mass is 9.79. The molecule has 1 rings (SSSR count). The Hall–Kier alpha value is -1.63. The zero-order valence-corrected chi connectivity index (χ0v) is 14.2. The lowest BCUT2D eigenvalue weighted by Gasteiger charge is -2.31. The molecule has 0 aliphatic carbocycles. The van der Waals surface area contributed by atoms with Gasteiger partial charge in [-0.3, -0.25) is 9.59 Å². The number of carboxylic acid groups (broad SMARTS) is 1. The first-order valence-electron chi connectivity index (χ1n) is 7.05. The highest BCUT2D eigenvalue weighted by atomic mass is 35.5. The molecule has 0 aliphatic rings. The molecule has 0 saturated carbocycles. The number of carbonyl (C=O) groups is 2. The Morgan fingerprint density at radius 1 is 1.30 bits per heavy atom. The normalized spacial score (nSPS) is 16.3. The van der Waals surface area contributed by atoms with Crippen molar-refractivity contribution in [1.29, 1.82) is 0 Å². The second-order valence-corrected chi connectivity index (χ2v) is 6.28. The molecule has 6 nitrogen and oxygen atoms in total. The van der Waals surface area contributed by atoms with Crippen LogP contribution in [-0.2, 0) is 9.59 Å². The number of benzene rings is 1. The third-order valence-corrected chi connectivity index (χ3v) is 4.54. The van der Waals surface area contributed by atoms with E-state index in [1.165, 1.54) is 13.8 Å². The predicted octanol–water partition coefficient (Wildman–Crippen LogP) is 1.94. The number of carboxylic acids is 1. The van der Waals surface area contributed by atoms with Crippen LogP contribution in [0.25, 0.3) is 0 Å². The molecule has 128 valence electrons. The molecule has 0 fully saturated rings. The maximum atomic E-state index is 12.2. The van der Waals surface area contributed by atoms with E-state index in [2.05, 4.69) is 0 Å². The molecule has 0 spiro atoms. The molecule has 1 aromatic carbocycles. The highest BCUT2D eigenvalue weighted by Crippen LogP contribution is 2.29. The maximum Gasteiger partial charge on any atom is 0.316 e. The number of carbonyl (C=O) groups excluding carboxylic acids is 1. The van der Waals surface area contributed by atoms with Gasteiger partial charge in [-0.2, -0.15) is 0 Å². The van der Waals surface area contributed by atoms with Gasteiger partial charge in [-0.25, -0.2) is 0 Å². The first-order valence-corrected chi connectivity index (χ1v) is 7.43. The molecule has 0 aliphatic heterocycles. The van der Waals surface area contributed by atoms with E-state index in [4.69, 9.17) is 21.4 Å². The molecule has 0 radical (unpaired) electrons. The van der Waals surface area contributed by atoms with Gasteiger partial charge in [0.05, 0.1) is 18.6 Å². The highest BCUT2D eigenvalue weighted by molar-refractivity contribution is 6.32. The van der Waals surface area contributed by atoms with E-state index in [0.717, 1.165) is 11.1 Å². The van der Waals surface area contributed by atoms with E-state index in [-0.39, 0.29) is 5.75 Å². The van der Waals surface area contributed by atoms with Gasteiger partial charge in [0.2, 0.25) is 0 Å². The molecule has 0 aromatic heterocycles. The van der Waals surface area contributed by atoms with Gasteiger partial charge >= 0.3 is 11.9 Å². The van der Waals surface area contributed by atoms with E-state index in [9.17, 15) is 19.8 Å². The Morgan fingerprint density at radius 3 is 2.17 bits per heavy atom. The molecule has 23 heavy (non-hydrogen) atoms. The van der Waals surface area contributed by atoms with Gasteiger partial charge < -0.3 is 20.1 Å². The largest absolute Gasteiger partial charge is 0.481 e. The minimum atomic E-state index is -1.86. The number of aliphatic carboxylic acids is 1. The number of esters is 1. The lowest BCUT2D eigenvalue weighted by molar-refractivity contribution is -0.165. The predicted molar refractivity (Wildman–Crippen MR) is 84.6 cm³/mol. The standard InChI is InChI=1S/C16H21ClO6/c1-8-5-11(6-9(2)12(8)17)23-14(20)10(3)13(19)16(4,7-18)15(21)22/h5-6,10,13,18-19H,7H2,1-4H3,(H,21,22). The van der Waals surface area contributed by atoms with Crippen LogP contribution >= 0.6 is 11.6 Å². The van der Waals surface area contributed by atoms with Crippen LogP contribution < -0.4 is 4.74 Å². The van der Waals surface area contributed by atoms with Crippen molar-refractivity contribution >= 4 is 23.5 Å². The zero-order valence-electron chi connectivity index (χ0n) is 13.5. The van der Waals surface area contributed by atoms with E-state index in [0.29, 0.717) is 5.02 Å².